The molecule has 3 N–H and O–H groups in total. The summed E-state index contributed by atoms with van der Waals surface area (Å²) in [5.74, 6) is -0.353. The summed E-state index contributed by atoms with van der Waals surface area (Å²) >= 11 is 0. The number of nitrogens with zero attached hydrogens (tertiary/aromatic N) is 2. The molecule has 0 radical (unpaired) electrons. The van der Waals surface area contributed by atoms with Crippen molar-refractivity contribution >= 4 is 12.1 Å². The molecule has 108 valence electrons. The van der Waals surface area contributed by atoms with Crippen LogP contribution in [0.1, 0.15) is 5.56 Å². The van der Waals surface area contributed by atoms with E-state index in [-0.39, 0.29) is 24.0 Å². The van der Waals surface area contributed by atoms with Crippen LogP contribution in [0.4, 0.5) is 0 Å². The Morgan fingerprint density at radius 2 is 2.15 bits per heavy atom. The number of phenols is 2. The fourth-order valence-corrected chi connectivity index (χ4v) is 1.81. The van der Waals surface area contributed by atoms with Crippen molar-refractivity contribution < 1.29 is 19.7 Å². The van der Waals surface area contributed by atoms with Gasteiger partial charge >= 0.3 is 0 Å². The molecule has 1 aromatic rings. The number of hydrogen-bond acceptors (Lipinski definition) is 6. The predicted octanol–water partition coefficient (Wildman–Crippen LogP) is -0.120. The summed E-state index contributed by atoms with van der Waals surface area (Å²) < 4.78 is 5.19. The Balaban J connectivity index is 1.81. The first kappa shape index (κ1) is 14.3. The van der Waals surface area contributed by atoms with Crippen LogP contribution in [-0.4, -0.2) is 60.1 Å². The maximum absolute atomic E-state index is 11.6. The summed E-state index contributed by atoms with van der Waals surface area (Å²) in [5.41, 5.74) is 2.81. The van der Waals surface area contributed by atoms with Crippen molar-refractivity contribution in [3.05, 3.63) is 23.8 Å². The standard InChI is InChI=1S/C13H17N3O4/c17-11-2-1-10(12(18)7-11)8-14-15-13(19)9-16-3-5-20-6-4-16/h1-2,7-8,17-18H,3-6,9H2,(H,15,19)/b14-8-. The molecule has 0 spiro atoms. The zero-order valence-electron chi connectivity index (χ0n) is 11.0. The van der Waals surface area contributed by atoms with Crippen molar-refractivity contribution in [2.24, 2.45) is 5.10 Å². The van der Waals surface area contributed by atoms with Gasteiger partial charge in [-0.25, -0.2) is 5.43 Å². The molecule has 1 heterocycles. The molecular formula is C13H17N3O4. The van der Waals surface area contributed by atoms with Gasteiger partial charge in [0.1, 0.15) is 11.5 Å². The van der Waals surface area contributed by atoms with Crippen LogP contribution in [0.3, 0.4) is 0 Å². The van der Waals surface area contributed by atoms with Gasteiger partial charge < -0.3 is 14.9 Å². The van der Waals surface area contributed by atoms with Crippen LogP contribution < -0.4 is 5.43 Å². The average molecular weight is 279 g/mol. The van der Waals surface area contributed by atoms with E-state index in [0.717, 1.165) is 13.1 Å². The molecule has 1 saturated heterocycles. The summed E-state index contributed by atoms with van der Waals surface area (Å²) in [5, 5.41) is 22.4. The summed E-state index contributed by atoms with van der Waals surface area (Å²) in [6, 6.07) is 4.13. The third-order valence-electron chi connectivity index (χ3n) is 2.88. The zero-order chi connectivity index (χ0) is 14.4. The minimum Gasteiger partial charge on any atom is -0.508 e. The maximum atomic E-state index is 11.6. The summed E-state index contributed by atoms with van der Waals surface area (Å²) in [6.07, 6.45) is 1.33. The molecule has 2 rings (SSSR count). The first-order valence-corrected chi connectivity index (χ1v) is 6.29. The predicted molar refractivity (Wildman–Crippen MR) is 72.8 cm³/mol. The smallest absolute Gasteiger partial charge is 0.254 e. The van der Waals surface area contributed by atoms with Crippen molar-refractivity contribution in [2.45, 2.75) is 0 Å². The lowest BCUT2D eigenvalue weighted by atomic mass is 10.2. The second-order valence-corrected chi connectivity index (χ2v) is 4.42. The Kier molecular flexibility index (Phi) is 4.91. The maximum Gasteiger partial charge on any atom is 0.254 e. The number of aromatic hydroxyl groups is 2. The van der Waals surface area contributed by atoms with E-state index in [9.17, 15) is 9.90 Å². The highest BCUT2D eigenvalue weighted by molar-refractivity contribution is 5.85. The number of ether oxygens (including phenoxy) is 1. The number of benzene rings is 1. The molecule has 0 atom stereocenters. The van der Waals surface area contributed by atoms with Crippen molar-refractivity contribution in [1.29, 1.82) is 0 Å². The fourth-order valence-electron chi connectivity index (χ4n) is 1.81. The highest BCUT2D eigenvalue weighted by atomic mass is 16.5. The molecule has 0 aromatic heterocycles. The van der Waals surface area contributed by atoms with Gasteiger partial charge in [-0.2, -0.15) is 5.10 Å². The Hall–Kier alpha value is -2.12. The Labute approximate surface area is 116 Å². The van der Waals surface area contributed by atoms with Crippen LogP contribution in [0.25, 0.3) is 0 Å². The first-order chi connectivity index (χ1) is 9.65. The van der Waals surface area contributed by atoms with Crippen LogP contribution in [0.15, 0.2) is 23.3 Å². The van der Waals surface area contributed by atoms with Gasteiger partial charge in [-0.05, 0) is 12.1 Å². The number of hydrogen-bond donors (Lipinski definition) is 3. The highest BCUT2D eigenvalue weighted by Crippen LogP contribution is 2.20. The molecule has 0 saturated carbocycles. The van der Waals surface area contributed by atoms with Crippen LogP contribution >= 0.6 is 0 Å². The third kappa shape index (κ3) is 4.22. The quantitative estimate of drug-likeness (QED) is 0.527. The lowest BCUT2D eigenvalue weighted by Gasteiger charge is -2.25. The molecule has 1 aromatic carbocycles. The van der Waals surface area contributed by atoms with Gasteiger partial charge in [0.05, 0.1) is 26.0 Å². The molecule has 7 nitrogen and oxygen atoms in total. The van der Waals surface area contributed by atoms with Crippen LogP contribution in [0, 0.1) is 0 Å². The lowest BCUT2D eigenvalue weighted by Crippen LogP contribution is -2.42. The van der Waals surface area contributed by atoms with Crippen LogP contribution in [0.5, 0.6) is 11.5 Å². The number of carbonyl (C=O) groups is 1. The molecular weight excluding hydrogens is 262 g/mol. The van der Waals surface area contributed by atoms with E-state index in [4.69, 9.17) is 9.84 Å². The van der Waals surface area contributed by atoms with Crippen molar-refractivity contribution in [3.63, 3.8) is 0 Å². The molecule has 20 heavy (non-hydrogen) atoms. The fraction of sp³-hybridized carbons (Fsp3) is 0.385. The van der Waals surface area contributed by atoms with E-state index >= 15 is 0 Å². The van der Waals surface area contributed by atoms with Crippen molar-refractivity contribution in [2.75, 3.05) is 32.8 Å². The molecule has 1 aliphatic rings. The largest absolute Gasteiger partial charge is 0.508 e. The van der Waals surface area contributed by atoms with E-state index in [2.05, 4.69) is 10.5 Å². The molecule has 1 amide bonds. The molecule has 0 aliphatic carbocycles. The van der Waals surface area contributed by atoms with E-state index in [1.54, 1.807) is 0 Å². The van der Waals surface area contributed by atoms with Gasteiger partial charge in [-0.15, -0.1) is 0 Å². The normalized spacial score (nSPS) is 16.4. The SMILES string of the molecule is O=C(CN1CCOCC1)N/N=C\c1ccc(O)cc1O. The van der Waals surface area contributed by atoms with Crippen LogP contribution in [-0.2, 0) is 9.53 Å². The van der Waals surface area contributed by atoms with Crippen molar-refractivity contribution in [3.8, 4) is 11.5 Å². The second-order valence-electron chi connectivity index (χ2n) is 4.42. The summed E-state index contributed by atoms with van der Waals surface area (Å²) in [4.78, 5) is 13.6. The van der Waals surface area contributed by atoms with E-state index in [1.165, 1.54) is 24.4 Å². The minimum absolute atomic E-state index is 0.0315. The van der Waals surface area contributed by atoms with Gasteiger partial charge in [-0.3, -0.25) is 9.69 Å². The number of nitrogens with one attached hydrogen (secondary N) is 1. The number of carbonyl (C=O) groups excluding carboxylic acids is 1. The van der Waals surface area contributed by atoms with E-state index in [0.29, 0.717) is 18.8 Å². The summed E-state index contributed by atoms with van der Waals surface area (Å²) in [6.45, 7) is 3.00. The molecule has 7 heteroatoms. The molecule has 1 fully saturated rings. The summed E-state index contributed by atoms with van der Waals surface area (Å²) in [7, 11) is 0. The topological polar surface area (TPSA) is 94.4 Å². The van der Waals surface area contributed by atoms with E-state index < -0.39 is 0 Å². The lowest BCUT2D eigenvalue weighted by molar-refractivity contribution is -0.123. The van der Waals surface area contributed by atoms with Gasteiger partial charge in [-0.1, -0.05) is 0 Å². The first-order valence-electron chi connectivity index (χ1n) is 6.29. The monoisotopic (exact) mass is 279 g/mol. The minimum atomic E-state index is -0.221. The highest BCUT2D eigenvalue weighted by Gasteiger charge is 2.13. The number of rotatable bonds is 4. The van der Waals surface area contributed by atoms with Crippen LogP contribution in [0.2, 0.25) is 0 Å². The Morgan fingerprint density at radius 3 is 2.85 bits per heavy atom. The average Bonchev–Trinajstić information content (AvgIpc) is 2.42. The Bertz CT molecular complexity index is 498. The second kappa shape index (κ2) is 6.88. The van der Waals surface area contributed by atoms with Gasteiger partial charge in [0.2, 0.25) is 0 Å². The van der Waals surface area contributed by atoms with Gasteiger partial charge in [0.15, 0.2) is 0 Å². The molecule has 0 unspecified atom stereocenters. The molecule has 1 aliphatic heterocycles. The molecule has 0 bridgehead atoms. The van der Waals surface area contributed by atoms with Gasteiger partial charge in [0, 0.05) is 24.7 Å². The Morgan fingerprint density at radius 1 is 1.40 bits per heavy atom. The number of hydrazone groups is 1. The zero-order valence-corrected chi connectivity index (χ0v) is 11.0. The third-order valence-corrected chi connectivity index (χ3v) is 2.88. The van der Waals surface area contributed by atoms with Gasteiger partial charge in [0.25, 0.3) is 5.91 Å². The number of phenolic OH excluding ortho intramolecular Hbond substituents is 2. The number of morpholine rings is 1. The number of amides is 1. The van der Waals surface area contributed by atoms with E-state index in [1.807, 2.05) is 4.90 Å². The van der Waals surface area contributed by atoms with Crippen molar-refractivity contribution in [1.82, 2.24) is 10.3 Å².